The zero-order valence-corrected chi connectivity index (χ0v) is 14.3. The number of amides is 1. The van der Waals surface area contributed by atoms with Gasteiger partial charge in [-0.3, -0.25) is 4.79 Å². The Morgan fingerprint density at radius 2 is 2.19 bits per heavy atom. The van der Waals surface area contributed by atoms with Crippen LogP contribution in [-0.2, 0) is 11.3 Å². The maximum atomic E-state index is 11.2. The van der Waals surface area contributed by atoms with Crippen molar-refractivity contribution in [3.8, 4) is 5.75 Å². The SMILES string of the molecule is CNC(=O)CCCOc1c(C)cc(Br)cc1CNC1CC1. The molecule has 1 aliphatic rings. The molecule has 4 nitrogen and oxygen atoms in total. The van der Waals surface area contributed by atoms with Gasteiger partial charge in [0.25, 0.3) is 0 Å². The predicted molar refractivity (Wildman–Crippen MR) is 87.5 cm³/mol. The first kappa shape index (κ1) is 16.3. The van der Waals surface area contributed by atoms with E-state index in [-0.39, 0.29) is 5.91 Å². The second-order valence-corrected chi connectivity index (χ2v) is 6.41. The summed E-state index contributed by atoms with van der Waals surface area (Å²) in [5.41, 5.74) is 2.30. The van der Waals surface area contributed by atoms with Gasteiger partial charge in [-0.15, -0.1) is 0 Å². The lowest BCUT2D eigenvalue weighted by atomic mass is 10.1. The van der Waals surface area contributed by atoms with Crippen LogP contribution in [0, 0.1) is 6.92 Å². The molecular formula is C16H23BrN2O2. The lowest BCUT2D eigenvalue weighted by Gasteiger charge is -2.15. The third kappa shape index (κ3) is 5.32. The highest BCUT2D eigenvalue weighted by Crippen LogP contribution is 2.29. The van der Waals surface area contributed by atoms with Gasteiger partial charge < -0.3 is 15.4 Å². The maximum Gasteiger partial charge on any atom is 0.219 e. The van der Waals surface area contributed by atoms with E-state index in [1.54, 1.807) is 7.05 Å². The Kier molecular flexibility index (Phi) is 6.06. The van der Waals surface area contributed by atoms with E-state index < -0.39 is 0 Å². The van der Waals surface area contributed by atoms with Crippen LogP contribution in [0.4, 0.5) is 0 Å². The summed E-state index contributed by atoms with van der Waals surface area (Å²) in [4.78, 5) is 11.2. The number of nitrogens with one attached hydrogen (secondary N) is 2. The van der Waals surface area contributed by atoms with E-state index in [1.807, 2.05) is 0 Å². The first-order chi connectivity index (χ1) is 10.1. The molecule has 1 saturated carbocycles. The Balaban J connectivity index is 1.93. The van der Waals surface area contributed by atoms with E-state index in [0.717, 1.165) is 28.8 Å². The number of rotatable bonds is 8. The molecule has 1 aromatic carbocycles. The van der Waals surface area contributed by atoms with Crippen molar-refractivity contribution in [1.29, 1.82) is 0 Å². The van der Waals surface area contributed by atoms with Crippen LogP contribution in [0.2, 0.25) is 0 Å². The van der Waals surface area contributed by atoms with Crippen molar-refractivity contribution in [3.05, 3.63) is 27.7 Å². The summed E-state index contributed by atoms with van der Waals surface area (Å²) in [6, 6.07) is 4.84. The summed E-state index contributed by atoms with van der Waals surface area (Å²) in [5, 5.41) is 6.14. The fraction of sp³-hybridized carbons (Fsp3) is 0.562. The minimum atomic E-state index is 0.0572. The van der Waals surface area contributed by atoms with Gasteiger partial charge in [0.2, 0.25) is 5.91 Å². The first-order valence-corrected chi connectivity index (χ1v) is 8.25. The Bertz CT molecular complexity index is 501. The molecule has 0 aromatic heterocycles. The van der Waals surface area contributed by atoms with E-state index in [1.165, 1.54) is 18.4 Å². The van der Waals surface area contributed by atoms with E-state index in [2.05, 4.69) is 45.6 Å². The largest absolute Gasteiger partial charge is 0.493 e. The molecular weight excluding hydrogens is 332 g/mol. The van der Waals surface area contributed by atoms with Crippen molar-refractivity contribution in [3.63, 3.8) is 0 Å². The number of halogens is 1. The third-order valence-electron chi connectivity index (χ3n) is 3.55. The van der Waals surface area contributed by atoms with Crippen LogP contribution in [0.5, 0.6) is 5.75 Å². The maximum absolute atomic E-state index is 11.2. The summed E-state index contributed by atoms with van der Waals surface area (Å²) >= 11 is 3.54. The molecule has 1 aromatic rings. The number of ether oxygens (including phenoxy) is 1. The summed E-state index contributed by atoms with van der Waals surface area (Å²) < 4.78 is 7.00. The van der Waals surface area contributed by atoms with Gasteiger partial charge in [0.05, 0.1) is 6.61 Å². The summed E-state index contributed by atoms with van der Waals surface area (Å²) in [5.74, 6) is 1.00. The number of hydrogen-bond acceptors (Lipinski definition) is 3. The minimum Gasteiger partial charge on any atom is -0.493 e. The molecule has 5 heteroatoms. The van der Waals surface area contributed by atoms with E-state index in [9.17, 15) is 4.79 Å². The van der Waals surface area contributed by atoms with Gasteiger partial charge in [0.15, 0.2) is 0 Å². The van der Waals surface area contributed by atoms with Gasteiger partial charge in [-0.1, -0.05) is 15.9 Å². The van der Waals surface area contributed by atoms with Crippen molar-refractivity contribution in [2.75, 3.05) is 13.7 Å². The predicted octanol–water partition coefficient (Wildman–Crippen LogP) is 2.91. The molecule has 1 amide bonds. The molecule has 116 valence electrons. The van der Waals surface area contributed by atoms with Crippen LogP contribution in [0.15, 0.2) is 16.6 Å². The minimum absolute atomic E-state index is 0.0572. The molecule has 2 N–H and O–H groups in total. The normalized spacial score (nSPS) is 14.0. The summed E-state index contributed by atoms with van der Waals surface area (Å²) in [6.07, 6.45) is 3.77. The van der Waals surface area contributed by atoms with Gasteiger partial charge in [-0.2, -0.15) is 0 Å². The first-order valence-electron chi connectivity index (χ1n) is 7.46. The highest BCUT2D eigenvalue weighted by Gasteiger charge is 2.21. The number of hydrogen-bond donors (Lipinski definition) is 2. The zero-order chi connectivity index (χ0) is 15.2. The average molecular weight is 355 g/mol. The molecule has 0 atom stereocenters. The van der Waals surface area contributed by atoms with Crippen molar-refractivity contribution in [2.45, 2.75) is 45.2 Å². The standard InChI is InChI=1S/C16H23BrN2O2/c1-11-8-13(17)9-12(10-19-14-5-6-14)16(11)21-7-3-4-15(20)18-2/h8-9,14,19H,3-7,10H2,1-2H3,(H,18,20). The summed E-state index contributed by atoms with van der Waals surface area (Å²) in [6.45, 7) is 3.45. The smallest absolute Gasteiger partial charge is 0.219 e. The highest BCUT2D eigenvalue weighted by molar-refractivity contribution is 9.10. The van der Waals surface area contributed by atoms with Crippen LogP contribution in [0.25, 0.3) is 0 Å². The fourth-order valence-electron chi connectivity index (χ4n) is 2.21. The second-order valence-electron chi connectivity index (χ2n) is 5.49. The van der Waals surface area contributed by atoms with Crippen molar-refractivity contribution in [1.82, 2.24) is 10.6 Å². The lowest BCUT2D eigenvalue weighted by molar-refractivity contribution is -0.120. The van der Waals surface area contributed by atoms with E-state index in [0.29, 0.717) is 19.1 Å². The average Bonchev–Trinajstić information content (AvgIpc) is 3.26. The molecule has 0 spiro atoms. The van der Waals surface area contributed by atoms with Crippen LogP contribution in [0.1, 0.15) is 36.8 Å². The molecule has 0 saturated heterocycles. The lowest BCUT2D eigenvalue weighted by Crippen LogP contribution is -2.19. The number of carbonyl (C=O) groups excluding carboxylic acids is 1. The second kappa shape index (κ2) is 7.80. The van der Waals surface area contributed by atoms with Crippen LogP contribution >= 0.6 is 15.9 Å². The Labute approximate surface area is 134 Å². The molecule has 0 aliphatic heterocycles. The molecule has 0 bridgehead atoms. The molecule has 0 unspecified atom stereocenters. The van der Waals surface area contributed by atoms with Crippen LogP contribution in [0.3, 0.4) is 0 Å². The van der Waals surface area contributed by atoms with Crippen molar-refractivity contribution in [2.24, 2.45) is 0 Å². The van der Waals surface area contributed by atoms with Crippen LogP contribution in [-0.4, -0.2) is 25.6 Å². The van der Waals surface area contributed by atoms with Crippen molar-refractivity contribution < 1.29 is 9.53 Å². The van der Waals surface area contributed by atoms with Gasteiger partial charge >= 0.3 is 0 Å². The van der Waals surface area contributed by atoms with E-state index in [4.69, 9.17) is 4.74 Å². The Morgan fingerprint density at radius 1 is 1.43 bits per heavy atom. The molecule has 0 radical (unpaired) electrons. The fourth-order valence-corrected chi connectivity index (χ4v) is 2.83. The van der Waals surface area contributed by atoms with Gasteiger partial charge in [0.1, 0.15) is 5.75 Å². The molecule has 1 aliphatic carbocycles. The topological polar surface area (TPSA) is 50.4 Å². The Morgan fingerprint density at radius 3 is 2.86 bits per heavy atom. The molecule has 21 heavy (non-hydrogen) atoms. The molecule has 2 rings (SSSR count). The Hall–Kier alpha value is -1.07. The number of carbonyl (C=O) groups is 1. The number of benzene rings is 1. The number of aryl methyl sites for hydroxylation is 1. The summed E-state index contributed by atoms with van der Waals surface area (Å²) in [7, 11) is 1.66. The van der Waals surface area contributed by atoms with Crippen molar-refractivity contribution >= 4 is 21.8 Å². The highest BCUT2D eigenvalue weighted by atomic mass is 79.9. The third-order valence-corrected chi connectivity index (χ3v) is 4.01. The molecule has 0 heterocycles. The quantitative estimate of drug-likeness (QED) is 0.705. The van der Waals surface area contributed by atoms with Gasteiger partial charge in [-0.25, -0.2) is 0 Å². The zero-order valence-electron chi connectivity index (χ0n) is 12.7. The van der Waals surface area contributed by atoms with Crippen LogP contribution < -0.4 is 15.4 Å². The molecule has 1 fully saturated rings. The monoisotopic (exact) mass is 354 g/mol. The van der Waals surface area contributed by atoms with Gasteiger partial charge in [0, 0.05) is 36.1 Å². The van der Waals surface area contributed by atoms with Gasteiger partial charge in [-0.05, 0) is 43.9 Å². The van der Waals surface area contributed by atoms with E-state index >= 15 is 0 Å².